The predicted molar refractivity (Wildman–Crippen MR) is 86.9 cm³/mol. The Labute approximate surface area is 131 Å². The van der Waals surface area contributed by atoms with Gasteiger partial charge in [-0.15, -0.1) is 0 Å². The lowest BCUT2D eigenvalue weighted by molar-refractivity contribution is 0.146. The lowest BCUT2D eigenvalue weighted by Crippen LogP contribution is -2.45. The topological polar surface area (TPSA) is 79.5 Å². The summed E-state index contributed by atoms with van der Waals surface area (Å²) in [6, 6.07) is 8.72. The maximum atomic E-state index is 11.8. The van der Waals surface area contributed by atoms with Gasteiger partial charge in [0.1, 0.15) is 0 Å². The number of benzene rings is 1. The fourth-order valence-corrected chi connectivity index (χ4v) is 2.01. The van der Waals surface area contributed by atoms with Crippen molar-refractivity contribution >= 4 is 17.8 Å². The number of nitrogens with one attached hydrogen (secondary N) is 3. The molecule has 22 heavy (non-hydrogen) atoms. The molecule has 1 aromatic rings. The van der Waals surface area contributed by atoms with Gasteiger partial charge >= 0.3 is 12.1 Å². The van der Waals surface area contributed by atoms with Crippen molar-refractivity contribution < 1.29 is 14.3 Å². The predicted octanol–water partition coefficient (Wildman–Crippen LogP) is 2.97. The Morgan fingerprint density at radius 3 is 2.45 bits per heavy atom. The first kappa shape index (κ1) is 17.8. The van der Waals surface area contributed by atoms with Gasteiger partial charge < -0.3 is 20.7 Å². The molecular formula is C16H25N3O3. The van der Waals surface area contributed by atoms with Gasteiger partial charge in [0.05, 0.1) is 6.61 Å². The summed E-state index contributed by atoms with van der Waals surface area (Å²) in [5.41, 5.74) is 0.721. The van der Waals surface area contributed by atoms with Crippen molar-refractivity contribution in [3.63, 3.8) is 0 Å². The second-order valence-corrected chi connectivity index (χ2v) is 5.39. The standard InChI is InChI=1S/C16H25N3O3/c1-4-22-16(21)19-14(10-12(2)3)11-17-15(20)18-13-8-6-5-7-9-13/h5-9,12,14H,4,10-11H2,1-3H3,(H,19,21)(H2,17,18,20)/t14-/m1/s1. The quantitative estimate of drug-likeness (QED) is 0.724. The average Bonchev–Trinajstić information content (AvgIpc) is 2.45. The number of ether oxygens (including phenoxy) is 1. The van der Waals surface area contributed by atoms with Crippen LogP contribution in [0, 0.1) is 5.92 Å². The minimum atomic E-state index is -0.460. The highest BCUT2D eigenvalue weighted by atomic mass is 16.5. The number of urea groups is 1. The summed E-state index contributed by atoms with van der Waals surface area (Å²) in [4.78, 5) is 23.4. The summed E-state index contributed by atoms with van der Waals surface area (Å²) < 4.78 is 4.88. The molecule has 3 amide bonds. The number of carbonyl (C=O) groups is 2. The molecule has 0 spiro atoms. The Morgan fingerprint density at radius 1 is 1.18 bits per heavy atom. The second-order valence-electron chi connectivity index (χ2n) is 5.39. The van der Waals surface area contributed by atoms with Crippen LogP contribution in [0.5, 0.6) is 0 Å². The van der Waals surface area contributed by atoms with Crippen molar-refractivity contribution in [1.29, 1.82) is 0 Å². The molecule has 0 aliphatic heterocycles. The van der Waals surface area contributed by atoms with Gasteiger partial charge in [-0.3, -0.25) is 0 Å². The van der Waals surface area contributed by atoms with Gasteiger partial charge in [0.25, 0.3) is 0 Å². The van der Waals surface area contributed by atoms with Crippen LogP contribution in [0.15, 0.2) is 30.3 Å². The van der Waals surface area contributed by atoms with E-state index in [0.29, 0.717) is 19.1 Å². The molecule has 0 saturated carbocycles. The number of hydrogen-bond donors (Lipinski definition) is 3. The highest BCUT2D eigenvalue weighted by Gasteiger charge is 2.15. The molecule has 1 aromatic carbocycles. The number of alkyl carbamates (subject to hydrolysis) is 1. The molecule has 1 atom stereocenters. The molecule has 0 heterocycles. The van der Waals surface area contributed by atoms with Crippen molar-refractivity contribution in [2.24, 2.45) is 5.92 Å². The van der Waals surface area contributed by atoms with Crippen molar-refractivity contribution in [2.45, 2.75) is 33.2 Å². The molecule has 122 valence electrons. The summed E-state index contributed by atoms with van der Waals surface area (Å²) in [7, 11) is 0. The SMILES string of the molecule is CCOC(=O)N[C@@H](CNC(=O)Nc1ccccc1)CC(C)C. The molecule has 3 N–H and O–H groups in total. The number of amides is 3. The average molecular weight is 307 g/mol. The van der Waals surface area contributed by atoms with Gasteiger partial charge in [0.15, 0.2) is 0 Å². The fraction of sp³-hybridized carbons (Fsp3) is 0.500. The van der Waals surface area contributed by atoms with Gasteiger partial charge in [0, 0.05) is 18.3 Å². The first-order valence-corrected chi connectivity index (χ1v) is 7.54. The van der Waals surface area contributed by atoms with E-state index in [9.17, 15) is 9.59 Å². The summed E-state index contributed by atoms with van der Waals surface area (Å²) in [6.07, 6.45) is 0.295. The maximum absolute atomic E-state index is 11.8. The molecule has 0 fully saturated rings. The first-order chi connectivity index (χ1) is 10.5. The summed E-state index contributed by atoms with van der Waals surface area (Å²) in [6.45, 7) is 6.54. The lowest BCUT2D eigenvalue weighted by atomic mass is 10.0. The van der Waals surface area contributed by atoms with E-state index in [-0.39, 0.29) is 12.1 Å². The largest absolute Gasteiger partial charge is 0.450 e. The van der Waals surface area contributed by atoms with Crippen molar-refractivity contribution in [3.05, 3.63) is 30.3 Å². The maximum Gasteiger partial charge on any atom is 0.407 e. The third-order valence-corrected chi connectivity index (χ3v) is 2.89. The molecule has 0 aromatic heterocycles. The minimum absolute atomic E-state index is 0.166. The van der Waals surface area contributed by atoms with Crippen LogP contribution in [0.4, 0.5) is 15.3 Å². The van der Waals surface area contributed by atoms with Crippen LogP contribution in [0.1, 0.15) is 27.2 Å². The molecule has 0 aliphatic rings. The van der Waals surface area contributed by atoms with E-state index in [4.69, 9.17) is 4.74 Å². The molecule has 0 bridgehead atoms. The third kappa shape index (κ3) is 7.52. The molecule has 0 saturated heterocycles. The van der Waals surface area contributed by atoms with E-state index in [1.165, 1.54) is 0 Å². The summed E-state index contributed by atoms with van der Waals surface area (Å²) in [5, 5.41) is 8.26. The van der Waals surface area contributed by atoms with Crippen LogP contribution in [-0.2, 0) is 4.74 Å². The fourth-order valence-electron chi connectivity index (χ4n) is 2.01. The van der Waals surface area contributed by atoms with E-state index < -0.39 is 6.09 Å². The zero-order valence-electron chi connectivity index (χ0n) is 13.4. The van der Waals surface area contributed by atoms with Crippen molar-refractivity contribution in [1.82, 2.24) is 10.6 Å². The molecule has 6 nitrogen and oxygen atoms in total. The number of carbonyl (C=O) groups excluding carboxylic acids is 2. The zero-order chi connectivity index (χ0) is 16.4. The van der Waals surface area contributed by atoms with Crippen LogP contribution in [0.3, 0.4) is 0 Å². The summed E-state index contributed by atoms with van der Waals surface area (Å²) in [5.74, 6) is 0.394. The van der Waals surface area contributed by atoms with E-state index in [1.807, 2.05) is 30.3 Å². The normalized spacial score (nSPS) is 11.6. The molecular weight excluding hydrogens is 282 g/mol. The van der Waals surface area contributed by atoms with E-state index >= 15 is 0 Å². The molecule has 6 heteroatoms. The molecule has 0 radical (unpaired) electrons. The van der Waals surface area contributed by atoms with Crippen LogP contribution in [0.2, 0.25) is 0 Å². The Morgan fingerprint density at radius 2 is 1.86 bits per heavy atom. The number of rotatable bonds is 7. The lowest BCUT2D eigenvalue weighted by Gasteiger charge is -2.20. The van der Waals surface area contributed by atoms with E-state index in [1.54, 1.807) is 6.92 Å². The van der Waals surface area contributed by atoms with Gasteiger partial charge in [-0.1, -0.05) is 32.0 Å². The molecule has 1 rings (SSSR count). The van der Waals surface area contributed by atoms with Crippen molar-refractivity contribution in [3.8, 4) is 0 Å². The molecule has 0 unspecified atom stereocenters. The Kier molecular flexibility index (Phi) is 7.81. The Bertz CT molecular complexity index is 463. The van der Waals surface area contributed by atoms with Gasteiger partial charge in [-0.05, 0) is 31.4 Å². The number of hydrogen-bond acceptors (Lipinski definition) is 3. The number of para-hydroxylation sites is 1. The smallest absolute Gasteiger partial charge is 0.407 e. The monoisotopic (exact) mass is 307 g/mol. The van der Waals surface area contributed by atoms with Gasteiger partial charge in [-0.25, -0.2) is 9.59 Å². The highest BCUT2D eigenvalue weighted by molar-refractivity contribution is 5.89. The number of anilines is 1. The Balaban J connectivity index is 2.44. The van der Waals surface area contributed by atoms with Crippen LogP contribution < -0.4 is 16.0 Å². The van der Waals surface area contributed by atoms with E-state index in [2.05, 4.69) is 29.8 Å². The first-order valence-electron chi connectivity index (χ1n) is 7.54. The van der Waals surface area contributed by atoms with Crippen LogP contribution in [-0.4, -0.2) is 31.3 Å². The minimum Gasteiger partial charge on any atom is -0.450 e. The van der Waals surface area contributed by atoms with E-state index in [0.717, 1.165) is 12.1 Å². The molecule has 0 aliphatic carbocycles. The zero-order valence-corrected chi connectivity index (χ0v) is 13.4. The highest BCUT2D eigenvalue weighted by Crippen LogP contribution is 2.06. The Hall–Kier alpha value is -2.24. The van der Waals surface area contributed by atoms with Gasteiger partial charge in [0.2, 0.25) is 0 Å². The van der Waals surface area contributed by atoms with Crippen molar-refractivity contribution in [2.75, 3.05) is 18.5 Å². The van der Waals surface area contributed by atoms with Gasteiger partial charge in [-0.2, -0.15) is 0 Å². The summed E-state index contributed by atoms with van der Waals surface area (Å²) >= 11 is 0. The van der Waals surface area contributed by atoms with Crippen LogP contribution in [0.25, 0.3) is 0 Å². The second kappa shape index (κ2) is 9.65. The van der Waals surface area contributed by atoms with Crippen LogP contribution >= 0.6 is 0 Å². The third-order valence-electron chi connectivity index (χ3n) is 2.89.